The lowest BCUT2D eigenvalue weighted by molar-refractivity contribution is -0.141. The molecule has 5 aliphatic rings. The number of benzene rings is 2. The molecular weight excluding hydrogens is 500 g/mol. The maximum Gasteiger partial charge on any atom is 0.310 e. The van der Waals surface area contributed by atoms with Gasteiger partial charge in [0.15, 0.2) is 23.0 Å². The van der Waals surface area contributed by atoms with Crippen molar-refractivity contribution < 1.29 is 33.6 Å². The molecule has 0 unspecified atom stereocenters. The van der Waals surface area contributed by atoms with Crippen LogP contribution < -0.4 is 18.9 Å². The highest BCUT2D eigenvalue weighted by Gasteiger charge is 2.54. The zero-order chi connectivity index (χ0) is 26.7. The van der Waals surface area contributed by atoms with Crippen LogP contribution in [0.15, 0.2) is 24.3 Å². The molecule has 0 aromatic heterocycles. The second-order valence-corrected chi connectivity index (χ2v) is 11.4. The van der Waals surface area contributed by atoms with Gasteiger partial charge in [-0.05, 0) is 53.8 Å². The quantitative estimate of drug-likeness (QED) is 0.575. The number of piperazine rings is 1. The molecule has 39 heavy (non-hydrogen) atoms. The molecule has 0 amide bonds. The second-order valence-electron chi connectivity index (χ2n) is 11.4. The van der Waals surface area contributed by atoms with Gasteiger partial charge in [0, 0.05) is 50.1 Å². The lowest BCUT2D eigenvalue weighted by atomic mass is 9.64. The van der Waals surface area contributed by atoms with Crippen molar-refractivity contribution in [2.45, 2.75) is 43.7 Å². The largest absolute Gasteiger partial charge is 0.502 e. The van der Waals surface area contributed by atoms with E-state index >= 15 is 0 Å². The Balaban J connectivity index is 1.32. The van der Waals surface area contributed by atoms with Gasteiger partial charge in [0.1, 0.15) is 0 Å². The molecule has 7 rings (SSSR count). The van der Waals surface area contributed by atoms with Crippen LogP contribution in [-0.4, -0.2) is 80.7 Å². The third-order valence-electron chi connectivity index (χ3n) is 9.59. The molecule has 2 aromatic rings. The van der Waals surface area contributed by atoms with E-state index in [-0.39, 0.29) is 42.3 Å². The predicted octanol–water partition coefficient (Wildman–Crippen LogP) is 3.67. The number of nitrogens with zero attached hydrogens (tertiary/aromatic N) is 2. The lowest BCUT2D eigenvalue weighted by Gasteiger charge is -2.47. The number of ether oxygens (including phenoxy) is 5. The molecule has 2 aliphatic carbocycles. The summed E-state index contributed by atoms with van der Waals surface area (Å²) < 4.78 is 28.4. The first-order chi connectivity index (χ1) is 19.1. The van der Waals surface area contributed by atoms with Crippen LogP contribution in [0, 0.1) is 11.8 Å². The average Bonchev–Trinajstić information content (AvgIpc) is 3.73. The Morgan fingerprint density at radius 3 is 2.10 bits per heavy atom. The SMILES string of the molecule is COc1cc([C@@H]2c3cc4c(cc3[C@@H](N3CCN(C5CCCC5)CC3)[C@H]3COC(=O)[C@H]23)OCO4)cc(OC)c1O. The molecule has 1 N–H and O–H groups in total. The molecule has 1 saturated carbocycles. The summed E-state index contributed by atoms with van der Waals surface area (Å²) in [5.41, 5.74) is 3.02. The number of carbonyl (C=O) groups is 1. The minimum atomic E-state index is -0.380. The first kappa shape index (κ1) is 24.8. The van der Waals surface area contributed by atoms with Gasteiger partial charge in [0.2, 0.25) is 12.5 Å². The van der Waals surface area contributed by atoms with Crippen LogP contribution in [0.3, 0.4) is 0 Å². The van der Waals surface area contributed by atoms with Crippen LogP contribution >= 0.6 is 0 Å². The number of carbonyl (C=O) groups excluding carboxylic acids is 1. The monoisotopic (exact) mass is 536 g/mol. The summed E-state index contributed by atoms with van der Waals surface area (Å²) in [5.74, 6) is 1.09. The number of aromatic hydroxyl groups is 1. The molecule has 0 spiro atoms. The highest BCUT2D eigenvalue weighted by molar-refractivity contribution is 5.79. The molecule has 3 aliphatic heterocycles. The summed E-state index contributed by atoms with van der Waals surface area (Å²) in [6.45, 7) is 4.57. The third-order valence-corrected chi connectivity index (χ3v) is 9.59. The van der Waals surface area contributed by atoms with Crippen LogP contribution in [0.4, 0.5) is 0 Å². The zero-order valence-corrected chi connectivity index (χ0v) is 22.6. The molecule has 9 heteroatoms. The van der Waals surface area contributed by atoms with E-state index < -0.39 is 0 Å². The molecule has 4 atom stereocenters. The first-order valence-electron chi connectivity index (χ1n) is 14.1. The standard InChI is InChI=1S/C30H36N2O7/c1-35-24-11-17(12-25(36-2)29(24)33)26-19-13-22-23(39-16-38-22)14-20(19)28(21-15-37-30(34)27(21)26)32-9-7-31(8-10-32)18-5-3-4-6-18/h11-14,18,21,26-28,33H,3-10,15-16H2,1-2H3/t21-,26+,27-,28+/m0/s1. The van der Waals surface area contributed by atoms with E-state index in [1.807, 2.05) is 6.07 Å². The Hall–Kier alpha value is -3.17. The molecule has 9 nitrogen and oxygen atoms in total. The molecular formula is C30H36N2O7. The van der Waals surface area contributed by atoms with E-state index in [9.17, 15) is 9.90 Å². The van der Waals surface area contributed by atoms with Crippen LogP contribution in [0.2, 0.25) is 0 Å². The van der Waals surface area contributed by atoms with E-state index in [2.05, 4.69) is 15.9 Å². The normalized spacial score (nSPS) is 28.7. The van der Waals surface area contributed by atoms with Gasteiger partial charge in [-0.25, -0.2) is 0 Å². The molecule has 3 fully saturated rings. The molecule has 2 saturated heterocycles. The smallest absolute Gasteiger partial charge is 0.310 e. The van der Waals surface area contributed by atoms with Crippen molar-refractivity contribution >= 4 is 5.97 Å². The summed E-state index contributed by atoms with van der Waals surface area (Å²) in [6, 6.07) is 8.52. The summed E-state index contributed by atoms with van der Waals surface area (Å²) in [7, 11) is 3.03. The van der Waals surface area contributed by atoms with Gasteiger partial charge in [0.05, 0.1) is 26.7 Å². The van der Waals surface area contributed by atoms with Crippen molar-refractivity contribution in [3.05, 3.63) is 41.0 Å². The van der Waals surface area contributed by atoms with Crippen molar-refractivity contribution in [3.63, 3.8) is 0 Å². The maximum absolute atomic E-state index is 13.4. The number of hydrogen-bond acceptors (Lipinski definition) is 9. The number of methoxy groups -OCH3 is 2. The van der Waals surface area contributed by atoms with Gasteiger partial charge in [-0.1, -0.05) is 12.8 Å². The third kappa shape index (κ3) is 4.00. The molecule has 208 valence electrons. The van der Waals surface area contributed by atoms with Crippen molar-refractivity contribution in [3.8, 4) is 28.7 Å². The Bertz CT molecular complexity index is 1240. The minimum Gasteiger partial charge on any atom is -0.502 e. The minimum absolute atomic E-state index is 0.0146. The fraction of sp³-hybridized carbons (Fsp3) is 0.567. The highest BCUT2D eigenvalue weighted by Crippen LogP contribution is 2.57. The predicted molar refractivity (Wildman–Crippen MR) is 142 cm³/mol. The van der Waals surface area contributed by atoms with E-state index in [1.165, 1.54) is 39.9 Å². The number of cyclic esters (lactones) is 1. The lowest BCUT2D eigenvalue weighted by Crippen LogP contribution is -2.53. The van der Waals surface area contributed by atoms with E-state index in [0.29, 0.717) is 29.9 Å². The Morgan fingerprint density at radius 2 is 1.46 bits per heavy atom. The number of hydrogen-bond donors (Lipinski definition) is 1. The van der Waals surface area contributed by atoms with Gasteiger partial charge < -0.3 is 28.8 Å². The average molecular weight is 537 g/mol. The number of phenols is 1. The van der Waals surface area contributed by atoms with Crippen molar-refractivity contribution in [1.29, 1.82) is 0 Å². The molecule has 3 heterocycles. The first-order valence-corrected chi connectivity index (χ1v) is 14.1. The molecule has 0 radical (unpaired) electrons. The number of rotatable bonds is 5. The van der Waals surface area contributed by atoms with E-state index in [1.54, 1.807) is 12.1 Å². The summed E-state index contributed by atoms with van der Waals surface area (Å²) in [6.07, 6.45) is 5.30. The van der Waals surface area contributed by atoms with Crippen molar-refractivity contribution in [2.24, 2.45) is 11.8 Å². The van der Waals surface area contributed by atoms with E-state index in [0.717, 1.165) is 48.6 Å². The molecule has 2 aromatic carbocycles. The Labute approximate surface area is 228 Å². The zero-order valence-electron chi connectivity index (χ0n) is 22.6. The van der Waals surface area contributed by atoms with Crippen LogP contribution in [0.25, 0.3) is 0 Å². The molecule has 0 bridgehead atoms. The fourth-order valence-corrected chi connectivity index (χ4v) is 7.74. The van der Waals surface area contributed by atoms with Gasteiger partial charge in [-0.3, -0.25) is 14.6 Å². The number of phenolic OH excluding ortho intramolecular Hbond substituents is 1. The van der Waals surface area contributed by atoms with Crippen molar-refractivity contribution in [1.82, 2.24) is 9.80 Å². The van der Waals surface area contributed by atoms with Gasteiger partial charge in [-0.2, -0.15) is 0 Å². The summed E-state index contributed by atoms with van der Waals surface area (Å²) in [5, 5.41) is 10.6. The number of esters is 1. The van der Waals surface area contributed by atoms with Crippen molar-refractivity contribution in [2.75, 3.05) is 53.8 Å². The van der Waals surface area contributed by atoms with Gasteiger partial charge in [0.25, 0.3) is 0 Å². The summed E-state index contributed by atoms with van der Waals surface area (Å²) in [4.78, 5) is 18.7. The van der Waals surface area contributed by atoms with Gasteiger partial charge in [-0.15, -0.1) is 0 Å². The van der Waals surface area contributed by atoms with E-state index in [4.69, 9.17) is 23.7 Å². The van der Waals surface area contributed by atoms with Crippen LogP contribution in [-0.2, 0) is 9.53 Å². The number of fused-ring (bicyclic) bond motifs is 3. The fourth-order valence-electron chi connectivity index (χ4n) is 7.74. The van der Waals surface area contributed by atoms with Gasteiger partial charge >= 0.3 is 5.97 Å². The Morgan fingerprint density at radius 1 is 0.846 bits per heavy atom. The second kappa shape index (κ2) is 9.78. The highest BCUT2D eigenvalue weighted by atomic mass is 16.7. The Kier molecular flexibility index (Phi) is 6.23. The summed E-state index contributed by atoms with van der Waals surface area (Å²) >= 11 is 0. The topological polar surface area (TPSA) is 89.9 Å². The van der Waals surface area contributed by atoms with Crippen LogP contribution in [0.5, 0.6) is 28.7 Å². The maximum atomic E-state index is 13.4. The van der Waals surface area contributed by atoms with Crippen LogP contribution in [0.1, 0.15) is 54.3 Å².